The number of benzene rings is 2. The number of methoxy groups -OCH3 is 1. The molecule has 2 aromatic carbocycles. The van der Waals surface area contributed by atoms with Crippen LogP contribution in [0.5, 0.6) is 28.7 Å². The Morgan fingerprint density at radius 2 is 2.00 bits per heavy atom. The molecule has 2 fully saturated rings. The average Bonchev–Trinajstić information content (AvgIpc) is 3.51. The van der Waals surface area contributed by atoms with Crippen LogP contribution in [0.2, 0.25) is 0 Å². The normalized spacial score (nSPS) is 29.5. The average molecular weight is 649 g/mol. The zero-order valence-corrected chi connectivity index (χ0v) is 26.9. The third kappa shape index (κ3) is 4.31. The van der Waals surface area contributed by atoms with Crippen LogP contribution in [0.25, 0.3) is 0 Å². The number of piperazine rings is 1. The Hall–Kier alpha value is -3.96. The van der Waals surface area contributed by atoms with Gasteiger partial charge in [0.05, 0.1) is 30.5 Å². The molecule has 0 radical (unpaired) electrons. The molecule has 0 saturated carbocycles. The van der Waals surface area contributed by atoms with Gasteiger partial charge in [-0.25, -0.2) is 0 Å². The first-order chi connectivity index (χ1) is 22.1. The Morgan fingerprint density at radius 3 is 2.70 bits per heavy atom. The highest BCUT2D eigenvalue weighted by atomic mass is 32.2. The number of fused-ring (bicyclic) bond motifs is 9. The molecule has 7 rings (SSSR count). The third-order valence-electron chi connectivity index (χ3n) is 9.85. The minimum atomic E-state index is -0.907. The number of cyclic esters (lactones) is 1. The van der Waals surface area contributed by atoms with Crippen LogP contribution in [0.15, 0.2) is 18.7 Å². The van der Waals surface area contributed by atoms with Gasteiger partial charge in [-0.15, -0.1) is 18.3 Å². The molecule has 4 bridgehead atoms. The molecule has 7 atom stereocenters. The van der Waals surface area contributed by atoms with Crippen LogP contribution in [0.3, 0.4) is 0 Å². The van der Waals surface area contributed by atoms with Crippen molar-refractivity contribution >= 4 is 23.7 Å². The molecule has 3 N–H and O–H groups in total. The molecule has 13 heteroatoms. The van der Waals surface area contributed by atoms with Gasteiger partial charge in [-0.1, -0.05) is 12.1 Å². The number of esters is 2. The molecule has 2 unspecified atom stereocenters. The van der Waals surface area contributed by atoms with Gasteiger partial charge >= 0.3 is 11.9 Å². The van der Waals surface area contributed by atoms with E-state index in [9.17, 15) is 20.0 Å². The van der Waals surface area contributed by atoms with Crippen molar-refractivity contribution < 1.29 is 38.4 Å². The zero-order valence-electron chi connectivity index (χ0n) is 26.1. The number of thioether (sulfide) groups is 1. The van der Waals surface area contributed by atoms with Gasteiger partial charge in [0.2, 0.25) is 6.79 Å². The van der Waals surface area contributed by atoms with Gasteiger partial charge in [-0.3, -0.25) is 19.4 Å². The molecule has 242 valence electrons. The minimum Gasteiger partial charge on any atom is -0.504 e. The van der Waals surface area contributed by atoms with Crippen molar-refractivity contribution in [3.05, 3.63) is 52.1 Å². The van der Waals surface area contributed by atoms with Crippen molar-refractivity contribution in [1.82, 2.24) is 9.80 Å². The van der Waals surface area contributed by atoms with Crippen molar-refractivity contribution in [2.24, 2.45) is 5.73 Å². The standard InChI is InChI=1S/C33H36N4O8S/c1-6-7-36-19-9-17-8-14(2)28(41-5)27(39)22(17)25(36)26-32-24-23(31-30(43-13-44-31)15(3)29(24)45-16(4)38)21(37(26)20(19)10-34)11-42-33(40)18(35)12-46-32/h6,8,18-21,25-26,32,39H,1,7,9,11-13,35H2,2-5H3/t18?,19-,20-,21-,25+,26?,32+/m0/s1. The second-order valence-corrected chi connectivity index (χ2v) is 13.5. The molecule has 46 heavy (non-hydrogen) atoms. The van der Waals surface area contributed by atoms with Crippen LogP contribution in [0.1, 0.15) is 57.6 Å². The van der Waals surface area contributed by atoms with Gasteiger partial charge in [0, 0.05) is 53.6 Å². The second-order valence-electron chi connectivity index (χ2n) is 12.3. The largest absolute Gasteiger partial charge is 0.504 e. The summed E-state index contributed by atoms with van der Waals surface area (Å²) in [7, 11) is 1.53. The lowest BCUT2D eigenvalue weighted by molar-refractivity contribution is -0.150. The molecule has 0 aliphatic carbocycles. The number of aromatic hydroxyl groups is 1. The highest BCUT2D eigenvalue weighted by Crippen LogP contribution is 2.64. The van der Waals surface area contributed by atoms with E-state index in [4.69, 9.17) is 29.4 Å². The summed E-state index contributed by atoms with van der Waals surface area (Å²) in [5.74, 6) is 0.861. The highest BCUT2D eigenvalue weighted by Gasteiger charge is 2.61. The van der Waals surface area contributed by atoms with Crippen LogP contribution in [-0.2, 0) is 20.7 Å². The monoisotopic (exact) mass is 648 g/mol. The fraction of sp³-hybridized carbons (Fsp3) is 0.485. The maximum Gasteiger partial charge on any atom is 0.323 e. The molecule has 0 amide bonds. The van der Waals surface area contributed by atoms with E-state index >= 15 is 0 Å². The van der Waals surface area contributed by atoms with Gasteiger partial charge in [0.1, 0.15) is 24.4 Å². The Morgan fingerprint density at radius 1 is 1.24 bits per heavy atom. The number of carbonyl (C=O) groups is 2. The molecule has 2 saturated heterocycles. The number of nitrogens with zero attached hydrogens (tertiary/aromatic N) is 3. The Kier molecular flexibility index (Phi) is 7.59. The van der Waals surface area contributed by atoms with Gasteiger partial charge in [-0.05, 0) is 31.4 Å². The first-order valence-electron chi connectivity index (χ1n) is 15.2. The molecular formula is C33H36N4O8S. The highest BCUT2D eigenvalue weighted by molar-refractivity contribution is 7.99. The third-order valence-corrected chi connectivity index (χ3v) is 11.3. The number of rotatable bonds is 4. The SMILES string of the molecule is C=CCN1[C@@H]2c3c(cc(C)c(OC)c3O)C[C@H]1[C@H](C#N)N1C2[C@@H]2SCC(N)C(=O)OC[C@H]1c1c3c(c(C)c(OC(C)=O)c12)OCO3. The number of nitrogens with two attached hydrogens (primary N) is 1. The van der Waals surface area contributed by atoms with Gasteiger partial charge in [-0.2, -0.15) is 5.26 Å². The van der Waals surface area contributed by atoms with Crippen LogP contribution in [0, 0.1) is 25.2 Å². The second kappa shape index (κ2) is 11.4. The molecule has 12 nitrogen and oxygen atoms in total. The summed E-state index contributed by atoms with van der Waals surface area (Å²) in [6, 6.07) is 1.15. The van der Waals surface area contributed by atoms with E-state index in [2.05, 4.69) is 22.4 Å². The Labute approximate surface area is 270 Å². The summed E-state index contributed by atoms with van der Waals surface area (Å²) in [6.45, 7) is 9.38. The van der Waals surface area contributed by atoms with Gasteiger partial charge in [0.25, 0.3) is 0 Å². The number of carbonyl (C=O) groups excluding carboxylic acids is 2. The molecule has 2 aromatic rings. The van der Waals surface area contributed by atoms with Crippen molar-refractivity contribution in [2.45, 2.75) is 68.7 Å². The number of hydrogen-bond donors (Lipinski definition) is 2. The summed E-state index contributed by atoms with van der Waals surface area (Å²) in [5.41, 5.74) is 10.8. The number of hydrogen-bond acceptors (Lipinski definition) is 13. The van der Waals surface area contributed by atoms with Crippen LogP contribution in [0.4, 0.5) is 0 Å². The number of ether oxygens (including phenoxy) is 5. The van der Waals surface area contributed by atoms with E-state index in [1.807, 2.05) is 19.9 Å². The van der Waals surface area contributed by atoms with E-state index in [0.717, 1.165) is 11.1 Å². The van der Waals surface area contributed by atoms with Gasteiger partial charge < -0.3 is 34.5 Å². The first-order valence-corrected chi connectivity index (χ1v) is 16.3. The molecular weight excluding hydrogens is 612 g/mol. The van der Waals surface area contributed by atoms with Crippen LogP contribution < -0.4 is 24.7 Å². The minimum absolute atomic E-state index is 0.0365. The molecule has 0 aromatic heterocycles. The lowest BCUT2D eigenvalue weighted by atomic mass is 9.71. The quantitative estimate of drug-likeness (QED) is 0.284. The Bertz CT molecular complexity index is 1710. The van der Waals surface area contributed by atoms with Crippen molar-refractivity contribution in [3.8, 4) is 34.8 Å². The van der Waals surface area contributed by atoms with Crippen LogP contribution >= 0.6 is 11.8 Å². The predicted molar refractivity (Wildman–Crippen MR) is 167 cm³/mol. The fourth-order valence-corrected chi connectivity index (χ4v) is 9.67. The number of phenols is 1. The topological polar surface area (TPSA) is 157 Å². The number of nitriles is 1. The lowest BCUT2D eigenvalue weighted by Gasteiger charge is -2.62. The first kappa shape index (κ1) is 30.7. The predicted octanol–water partition coefficient (Wildman–Crippen LogP) is 3.12. The summed E-state index contributed by atoms with van der Waals surface area (Å²) in [4.78, 5) is 30.0. The van der Waals surface area contributed by atoms with Crippen LogP contribution in [-0.4, -0.2) is 83.8 Å². The van der Waals surface area contributed by atoms with E-state index in [1.165, 1.54) is 25.8 Å². The van der Waals surface area contributed by atoms with Crippen molar-refractivity contribution in [2.75, 3.05) is 32.8 Å². The zero-order chi connectivity index (χ0) is 32.6. The number of aryl methyl sites for hydroxylation is 1. The Balaban J connectivity index is 1.58. The van der Waals surface area contributed by atoms with E-state index in [1.54, 1.807) is 6.08 Å². The van der Waals surface area contributed by atoms with Crippen molar-refractivity contribution in [3.63, 3.8) is 0 Å². The van der Waals surface area contributed by atoms with E-state index in [-0.39, 0.29) is 30.9 Å². The smallest absolute Gasteiger partial charge is 0.323 e. The molecule has 0 spiro atoms. The summed E-state index contributed by atoms with van der Waals surface area (Å²) in [5, 5.41) is 22.3. The maximum atomic E-state index is 13.0. The van der Waals surface area contributed by atoms with Gasteiger partial charge in [0.15, 0.2) is 23.0 Å². The molecule has 5 aliphatic heterocycles. The fourth-order valence-electron chi connectivity index (χ4n) is 8.23. The molecule has 5 aliphatic rings. The summed E-state index contributed by atoms with van der Waals surface area (Å²) >= 11 is 1.43. The number of phenolic OH excluding ortho intramolecular Hbond substituents is 1. The van der Waals surface area contributed by atoms with E-state index in [0.29, 0.717) is 58.2 Å². The van der Waals surface area contributed by atoms with E-state index < -0.39 is 47.4 Å². The summed E-state index contributed by atoms with van der Waals surface area (Å²) < 4.78 is 29.6. The summed E-state index contributed by atoms with van der Waals surface area (Å²) in [6.07, 6.45) is 2.30. The van der Waals surface area contributed by atoms with Crippen molar-refractivity contribution in [1.29, 1.82) is 5.26 Å². The lowest BCUT2D eigenvalue weighted by Crippen LogP contribution is -2.70. The maximum absolute atomic E-state index is 13.0. The molecule has 5 heterocycles.